The minimum atomic E-state index is -0.358. The smallest absolute Gasteiger partial charge is 0.131 e. The van der Waals surface area contributed by atoms with Gasteiger partial charge in [0.25, 0.3) is 0 Å². The van der Waals surface area contributed by atoms with Gasteiger partial charge in [-0.1, -0.05) is 6.07 Å². The van der Waals surface area contributed by atoms with E-state index in [1.165, 1.54) is 5.56 Å². The highest BCUT2D eigenvalue weighted by Gasteiger charge is 2.18. The number of hydrogen-bond donors (Lipinski definition) is 1. The lowest BCUT2D eigenvalue weighted by molar-refractivity contribution is 0.156. The summed E-state index contributed by atoms with van der Waals surface area (Å²) in [5, 5.41) is 14.4. The van der Waals surface area contributed by atoms with Crippen LogP contribution in [-0.2, 0) is 20.1 Å². The van der Waals surface area contributed by atoms with Crippen LogP contribution in [0.1, 0.15) is 41.5 Å². The lowest BCUT2D eigenvalue weighted by atomic mass is 9.89. The van der Waals surface area contributed by atoms with Gasteiger partial charge in [-0.05, 0) is 65.4 Å². The molecule has 1 aromatic heterocycles. The summed E-state index contributed by atoms with van der Waals surface area (Å²) in [5.41, 5.74) is 4.21. The Labute approximate surface area is 132 Å². The normalized spacial score (nSPS) is 17.6. The van der Waals surface area contributed by atoms with Crippen molar-refractivity contribution in [3.63, 3.8) is 0 Å². The number of aryl methyl sites for hydroxylation is 3. The Kier molecular flexibility index (Phi) is 4.04. The maximum Gasteiger partial charge on any atom is 0.131 e. The van der Waals surface area contributed by atoms with Crippen molar-refractivity contribution in [2.75, 3.05) is 0 Å². The summed E-state index contributed by atoms with van der Waals surface area (Å²) in [6.45, 7) is 2.41. The molecule has 21 heavy (non-hydrogen) atoms. The summed E-state index contributed by atoms with van der Waals surface area (Å²) in [7, 11) is 1.91. The van der Waals surface area contributed by atoms with Gasteiger partial charge in [-0.15, -0.1) is 0 Å². The molecule has 5 heteroatoms. The molecule has 0 bridgehead atoms. The number of benzene rings is 1. The van der Waals surface area contributed by atoms with Crippen molar-refractivity contribution >= 4 is 15.9 Å². The highest BCUT2D eigenvalue weighted by molar-refractivity contribution is 9.10. The number of rotatable bonds is 3. The van der Waals surface area contributed by atoms with Gasteiger partial charge in [-0.2, -0.15) is 5.10 Å². The Bertz CT molecular complexity index is 667. The van der Waals surface area contributed by atoms with E-state index >= 15 is 0 Å². The minimum Gasteiger partial charge on any atom is -0.487 e. The Hall–Kier alpha value is -1.33. The molecule has 0 radical (unpaired) electrons. The average molecular weight is 351 g/mol. The molecule has 1 aliphatic carbocycles. The third-order valence-corrected chi connectivity index (χ3v) is 5.07. The van der Waals surface area contributed by atoms with Gasteiger partial charge < -0.3 is 9.84 Å². The summed E-state index contributed by atoms with van der Waals surface area (Å²) >= 11 is 3.54. The highest BCUT2D eigenvalue weighted by Crippen LogP contribution is 2.32. The van der Waals surface area contributed by atoms with Gasteiger partial charge in [-0.25, -0.2) is 0 Å². The fraction of sp³-hybridized carbons (Fsp3) is 0.438. The molecule has 1 N–H and O–H groups in total. The van der Waals surface area contributed by atoms with E-state index in [1.807, 2.05) is 30.8 Å². The fourth-order valence-electron chi connectivity index (χ4n) is 2.83. The maximum absolute atomic E-state index is 10.1. The second-order valence-electron chi connectivity index (χ2n) is 5.53. The summed E-state index contributed by atoms with van der Waals surface area (Å²) in [5.74, 6) is 0.792. The topological polar surface area (TPSA) is 47.3 Å². The van der Waals surface area contributed by atoms with Gasteiger partial charge in [0.2, 0.25) is 0 Å². The molecule has 1 atom stereocenters. The van der Waals surface area contributed by atoms with Gasteiger partial charge in [0, 0.05) is 7.05 Å². The Morgan fingerprint density at radius 1 is 1.48 bits per heavy atom. The molecule has 1 aromatic carbocycles. The van der Waals surface area contributed by atoms with Crippen molar-refractivity contribution in [1.29, 1.82) is 0 Å². The summed E-state index contributed by atoms with van der Waals surface area (Å²) < 4.78 is 8.69. The molecule has 1 aliphatic rings. The molecule has 0 aliphatic heterocycles. The summed E-state index contributed by atoms with van der Waals surface area (Å²) in [4.78, 5) is 0. The van der Waals surface area contributed by atoms with Gasteiger partial charge in [0.15, 0.2) is 0 Å². The lowest BCUT2D eigenvalue weighted by Gasteiger charge is -2.22. The molecule has 3 rings (SSSR count). The van der Waals surface area contributed by atoms with E-state index in [1.54, 1.807) is 0 Å². The van der Waals surface area contributed by atoms with Crippen LogP contribution in [0.3, 0.4) is 0 Å². The van der Waals surface area contributed by atoms with Crippen LogP contribution in [0.25, 0.3) is 0 Å². The molecule has 112 valence electrons. The molecular weight excluding hydrogens is 332 g/mol. The van der Waals surface area contributed by atoms with Crippen molar-refractivity contribution in [2.24, 2.45) is 7.05 Å². The first kappa shape index (κ1) is 14.6. The Morgan fingerprint density at radius 2 is 2.29 bits per heavy atom. The van der Waals surface area contributed by atoms with Crippen LogP contribution in [0.15, 0.2) is 22.7 Å². The second kappa shape index (κ2) is 5.81. The molecule has 4 nitrogen and oxygen atoms in total. The van der Waals surface area contributed by atoms with Gasteiger partial charge in [-0.3, -0.25) is 4.68 Å². The number of halogens is 1. The molecule has 0 saturated carbocycles. The van der Waals surface area contributed by atoms with Crippen LogP contribution in [0.2, 0.25) is 0 Å². The third kappa shape index (κ3) is 2.85. The largest absolute Gasteiger partial charge is 0.487 e. The monoisotopic (exact) mass is 350 g/mol. The van der Waals surface area contributed by atoms with Crippen molar-refractivity contribution in [2.45, 2.75) is 38.9 Å². The van der Waals surface area contributed by atoms with E-state index in [0.717, 1.165) is 46.4 Å². The van der Waals surface area contributed by atoms with Gasteiger partial charge in [0.05, 0.1) is 22.0 Å². The standard InChI is InChI=1S/C16H19BrN2O2/c1-10-16(17)14(19(2)18-10)9-21-12-7-6-11-4-3-5-15(20)13(11)8-12/h6-8,15,20H,3-5,9H2,1-2H3. The molecule has 0 fully saturated rings. The number of nitrogens with zero attached hydrogens (tertiary/aromatic N) is 2. The van der Waals surface area contributed by atoms with E-state index in [9.17, 15) is 5.11 Å². The number of aliphatic hydroxyl groups excluding tert-OH is 1. The first-order chi connectivity index (χ1) is 10.1. The van der Waals surface area contributed by atoms with Crippen LogP contribution < -0.4 is 4.74 Å². The van der Waals surface area contributed by atoms with E-state index in [4.69, 9.17) is 4.74 Å². The van der Waals surface area contributed by atoms with E-state index in [2.05, 4.69) is 27.1 Å². The van der Waals surface area contributed by atoms with Crippen LogP contribution in [0.4, 0.5) is 0 Å². The van der Waals surface area contributed by atoms with Crippen LogP contribution in [0.5, 0.6) is 5.75 Å². The number of fused-ring (bicyclic) bond motifs is 1. The second-order valence-corrected chi connectivity index (χ2v) is 6.32. The summed E-state index contributed by atoms with van der Waals surface area (Å²) in [6, 6.07) is 6.01. The van der Waals surface area contributed by atoms with Gasteiger partial charge in [0.1, 0.15) is 12.4 Å². The molecule has 0 saturated heterocycles. The van der Waals surface area contributed by atoms with Crippen molar-refractivity contribution < 1.29 is 9.84 Å². The molecule has 2 aromatic rings. The first-order valence-corrected chi connectivity index (χ1v) is 7.97. The quantitative estimate of drug-likeness (QED) is 0.922. The predicted molar refractivity (Wildman–Crippen MR) is 84.3 cm³/mol. The minimum absolute atomic E-state index is 0.358. The SMILES string of the molecule is Cc1nn(C)c(COc2ccc3c(c2)C(O)CCC3)c1Br. The molecule has 1 unspecified atom stereocenters. The third-order valence-electron chi connectivity index (χ3n) is 4.04. The Balaban J connectivity index is 1.78. The first-order valence-electron chi connectivity index (χ1n) is 7.18. The molecule has 0 spiro atoms. The Morgan fingerprint density at radius 3 is 3.00 bits per heavy atom. The number of aromatic nitrogens is 2. The van der Waals surface area contributed by atoms with Gasteiger partial charge >= 0.3 is 0 Å². The zero-order valence-electron chi connectivity index (χ0n) is 12.3. The highest BCUT2D eigenvalue weighted by atomic mass is 79.9. The molecular formula is C16H19BrN2O2. The van der Waals surface area contributed by atoms with E-state index in [-0.39, 0.29) is 6.10 Å². The van der Waals surface area contributed by atoms with E-state index in [0.29, 0.717) is 6.61 Å². The van der Waals surface area contributed by atoms with Crippen molar-refractivity contribution in [3.05, 3.63) is 45.2 Å². The van der Waals surface area contributed by atoms with Crippen LogP contribution in [-0.4, -0.2) is 14.9 Å². The molecule has 0 amide bonds. The van der Waals surface area contributed by atoms with Crippen LogP contribution >= 0.6 is 15.9 Å². The average Bonchev–Trinajstić information content (AvgIpc) is 2.71. The molecule has 1 heterocycles. The number of hydrogen-bond acceptors (Lipinski definition) is 3. The zero-order valence-corrected chi connectivity index (χ0v) is 13.9. The number of ether oxygens (including phenoxy) is 1. The van der Waals surface area contributed by atoms with E-state index < -0.39 is 0 Å². The van der Waals surface area contributed by atoms with Crippen LogP contribution in [0, 0.1) is 6.92 Å². The maximum atomic E-state index is 10.1. The zero-order chi connectivity index (χ0) is 15.0. The lowest BCUT2D eigenvalue weighted by Crippen LogP contribution is -2.10. The van der Waals surface area contributed by atoms with Crippen molar-refractivity contribution in [3.8, 4) is 5.75 Å². The fourth-order valence-corrected chi connectivity index (χ4v) is 3.28. The number of aliphatic hydroxyl groups is 1. The summed E-state index contributed by atoms with van der Waals surface area (Å²) in [6.07, 6.45) is 2.57. The van der Waals surface area contributed by atoms with Crippen molar-refractivity contribution in [1.82, 2.24) is 9.78 Å². The predicted octanol–water partition coefficient (Wildman–Crippen LogP) is 3.44.